The highest BCUT2D eigenvalue weighted by Gasteiger charge is 2.44. The summed E-state index contributed by atoms with van der Waals surface area (Å²) in [6.45, 7) is 4.81. The SMILES string of the molecule is CC1(C)c2cc(-c3ccc4cc(-c5ccc6c(c5)c5c7ccccc7ccc5c5nc7ccccc7n65)ccc4c3)ccc2C2C=CC=CC21. The van der Waals surface area contributed by atoms with E-state index >= 15 is 0 Å². The van der Waals surface area contributed by atoms with Gasteiger partial charge in [-0.3, -0.25) is 4.40 Å². The number of hydrogen-bond acceptors (Lipinski definition) is 1. The van der Waals surface area contributed by atoms with Gasteiger partial charge >= 0.3 is 0 Å². The first-order valence-corrected chi connectivity index (χ1v) is 17.7. The van der Waals surface area contributed by atoms with E-state index in [1.165, 1.54) is 76.6 Å². The average molecular weight is 639 g/mol. The summed E-state index contributed by atoms with van der Waals surface area (Å²) in [5, 5.41) is 8.69. The molecule has 0 saturated heterocycles. The molecule has 0 aliphatic heterocycles. The first kappa shape index (κ1) is 27.9. The van der Waals surface area contributed by atoms with Crippen molar-refractivity contribution in [1.82, 2.24) is 9.38 Å². The fourth-order valence-corrected chi connectivity index (χ4v) is 9.27. The monoisotopic (exact) mass is 638 g/mol. The number of nitrogens with zero attached hydrogens (tertiary/aromatic N) is 2. The van der Waals surface area contributed by atoms with Crippen LogP contribution in [0.15, 0.2) is 158 Å². The van der Waals surface area contributed by atoms with E-state index in [-0.39, 0.29) is 5.41 Å². The minimum atomic E-state index is 0.108. The highest BCUT2D eigenvalue weighted by atomic mass is 15.0. The van der Waals surface area contributed by atoms with Gasteiger partial charge in [0.05, 0.1) is 16.6 Å². The van der Waals surface area contributed by atoms with E-state index in [0.717, 1.165) is 16.7 Å². The zero-order valence-corrected chi connectivity index (χ0v) is 28.1. The molecule has 0 saturated carbocycles. The van der Waals surface area contributed by atoms with Crippen LogP contribution in [0.2, 0.25) is 0 Å². The van der Waals surface area contributed by atoms with Crippen molar-refractivity contribution in [3.05, 3.63) is 169 Å². The number of benzene rings is 7. The molecule has 7 aromatic carbocycles. The molecule has 0 amide bonds. The van der Waals surface area contributed by atoms with Crippen LogP contribution in [-0.2, 0) is 5.41 Å². The normalized spacial score (nSPS) is 17.8. The number of allylic oxidation sites excluding steroid dienone is 4. The number of imidazole rings is 1. The summed E-state index contributed by atoms with van der Waals surface area (Å²) >= 11 is 0. The molecule has 2 unspecified atom stereocenters. The summed E-state index contributed by atoms with van der Waals surface area (Å²) in [6, 6.07) is 49.7. The number of aromatic nitrogens is 2. The molecule has 2 aromatic heterocycles. The summed E-state index contributed by atoms with van der Waals surface area (Å²) in [6.07, 6.45) is 9.21. The van der Waals surface area contributed by atoms with Gasteiger partial charge in [0.15, 0.2) is 0 Å². The standard InChI is InChI=1S/C48H34N2/c1-48(2)41-12-6-5-11-37(41)38-22-20-35(28-42(38)48)33-18-16-30-25-32(17-15-31(30)26-33)34-21-24-44-40(27-34)46-36-10-4-3-9-29(36)19-23-39(46)47-49-43-13-7-8-14-45(43)50(44)47/h3-28,37,41H,1-2H3. The first-order chi connectivity index (χ1) is 24.5. The van der Waals surface area contributed by atoms with Crippen LogP contribution >= 0.6 is 0 Å². The third-order valence-electron chi connectivity index (χ3n) is 11.8. The molecule has 2 nitrogen and oxygen atoms in total. The third kappa shape index (κ3) is 3.82. The van der Waals surface area contributed by atoms with Crippen LogP contribution in [0.25, 0.3) is 82.2 Å². The summed E-state index contributed by atoms with van der Waals surface area (Å²) in [5.74, 6) is 0.996. The third-order valence-corrected chi connectivity index (χ3v) is 11.8. The van der Waals surface area contributed by atoms with Crippen LogP contribution in [0, 0.1) is 5.92 Å². The molecule has 0 spiro atoms. The Balaban J connectivity index is 1.05. The maximum absolute atomic E-state index is 5.14. The van der Waals surface area contributed by atoms with Gasteiger partial charge in [-0.05, 0) is 109 Å². The number of rotatable bonds is 2. The molecular weight excluding hydrogens is 605 g/mol. The van der Waals surface area contributed by atoms with Crippen molar-refractivity contribution in [2.24, 2.45) is 5.92 Å². The lowest BCUT2D eigenvalue weighted by atomic mass is 9.74. The second-order valence-corrected chi connectivity index (χ2v) is 14.8. The van der Waals surface area contributed by atoms with Crippen molar-refractivity contribution in [2.45, 2.75) is 25.2 Å². The van der Waals surface area contributed by atoms with Crippen molar-refractivity contribution < 1.29 is 0 Å². The van der Waals surface area contributed by atoms with Gasteiger partial charge in [-0.25, -0.2) is 4.98 Å². The van der Waals surface area contributed by atoms with E-state index in [1.54, 1.807) is 0 Å². The lowest BCUT2D eigenvalue weighted by molar-refractivity contribution is 0.394. The van der Waals surface area contributed by atoms with Gasteiger partial charge in [0.2, 0.25) is 0 Å². The number of hydrogen-bond donors (Lipinski definition) is 0. The molecule has 236 valence electrons. The Morgan fingerprint density at radius 3 is 2.08 bits per heavy atom. The lowest BCUT2D eigenvalue weighted by Gasteiger charge is -2.29. The Morgan fingerprint density at radius 2 is 1.22 bits per heavy atom. The van der Waals surface area contributed by atoms with E-state index in [1.807, 2.05) is 0 Å². The second-order valence-electron chi connectivity index (χ2n) is 14.8. The van der Waals surface area contributed by atoms with Gasteiger partial charge in [0.25, 0.3) is 0 Å². The van der Waals surface area contributed by atoms with Crippen molar-refractivity contribution in [2.75, 3.05) is 0 Å². The Labute approximate surface area is 290 Å². The van der Waals surface area contributed by atoms with Crippen molar-refractivity contribution in [3.8, 4) is 22.3 Å². The van der Waals surface area contributed by atoms with Crippen LogP contribution in [0.4, 0.5) is 0 Å². The lowest BCUT2D eigenvalue weighted by Crippen LogP contribution is -2.24. The molecule has 0 N–H and O–H groups in total. The summed E-state index contributed by atoms with van der Waals surface area (Å²) in [4.78, 5) is 5.14. The van der Waals surface area contributed by atoms with Gasteiger partial charge < -0.3 is 0 Å². The molecule has 0 fully saturated rings. The summed E-state index contributed by atoms with van der Waals surface area (Å²) in [5.41, 5.74) is 12.4. The van der Waals surface area contributed by atoms with E-state index < -0.39 is 0 Å². The van der Waals surface area contributed by atoms with Crippen LogP contribution in [0.1, 0.15) is 30.9 Å². The topological polar surface area (TPSA) is 17.3 Å². The molecule has 0 radical (unpaired) electrons. The molecule has 9 aromatic rings. The summed E-state index contributed by atoms with van der Waals surface area (Å²) < 4.78 is 2.34. The minimum Gasteiger partial charge on any atom is -0.292 e. The largest absolute Gasteiger partial charge is 0.292 e. The van der Waals surface area contributed by atoms with E-state index in [2.05, 4.69) is 176 Å². The fraction of sp³-hybridized carbons (Fsp3) is 0.104. The number of pyridine rings is 1. The van der Waals surface area contributed by atoms with Gasteiger partial charge in [-0.15, -0.1) is 0 Å². The van der Waals surface area contributed by atoms with Crippen molar-refractivity contribution in [1.29, 1.82) is 0 Å². The van der Waals surface area contributed by atoms with Crippen molar-refractivity contribution in [3.63, 3.8) is 0 Å². The molecule has 2 heteroatoms. The molecule has 2 aliphatic rings. The van der Waals surface area contributed by atoms with E-state index in [0.29, 0.717) is 11.8 Å². The molecular formula is C48H34N2. The van der Waals surface area contributed by atoms with E-state index in [4.69, 9.17) is 4.98 Å². The Hall–Kier alpha value is -5.99. The van der Waals surface area contributed by atoms with Crippen LogP contribution < -0.4 is 0 Å². The minimum absolute atomic E-state index is 0.108. The zero-order chi connectivity index (χ0) is 33.1. The Bertz CT molecular complexity index is 2970. The fourth-order valence-electron chi connectivity index (χ4n) is 9.27. The Morgan fingerprint density at radius 1 is 0.540 bits per heavy atom. The zero-order valence-electron chi connectivity index (χ0n) is 28.1. The predicted octanol–water partition coefficient (Wildman–Crippen LogP) is 12.6. The first-order valence-electron chi connectivity index (χ1n) is 17.7. The van der Waals surface area contributed by atoms with Crippen molar-refractivity contribution >= 4 is 59.9 Å². The maximum Gasteiger partial charge on any atom is 0.146 e. The molecule has 0 bridgehead atoms. The van der Waals surface area contributed by atoms with Gasteiger partial charge in [-0.1, -0.05) is 129 Å². The maximum atomic E-state index is 5.14. The highest BCUT2D eigenvalue weighted by molar-refractivity contribution is 6.24. The van der Waals surface area contributed by atoms with Crippen LogP contribution in [0.5, 0.6) is 0 Å². The molecule has 2 heterocycles. The summed E-state index contributed by atoms with van der Waals surface area (Å²) in [7, 11) is 0. The predicted molar refractivity (Wildman–Crippen MR) is 211 cm³/mol. The Kier molecular flexibility index (Phi) is 5.60. The van der Waals surface area contributed by atoms with Crippen LogP contribution in [-0.4, -0.2) is 9.38 Å². The number of para-hydroxylation sites is 2. The molecule has 11 rings (SSSR count). The second kappa shape index (κ2) is 10.0. The van der Waals surface area contributed by atoms with Gasteiger partial charge in [0, 0.05) is 22.1 Å². The molecule has 2 atom stereocenters. The van der Waals surface area contributed by atoms with Crippen LogP contribution in [0.3, 0.4) is 0 Å². The smallest absolute Gasteiger partial charge is 0.146 e. The quantitative estimate of drug-likeness (QED) is 0.172. The highest BCUT2D eigenvalue weighted by Crippen LogP contribution is 2.53. The average Bonchev–Trinajstić information content (AvgIpc) is 3.67. The van der Waals surface area contributed by atoms with E-state index in [9.17, 15) is 0 Å². The van der Waals surface area contributed by atoms with Gasteiger partial charge in [0.1, 0.15) is 5.65 Å². The number of fused-ring (bicyclic) bond motifs is 14. The molecule has 2 aliphatic carbocycles. The molecule has 50 heavy (non-hydrogen) atoms. The van der Waals surface area contributed by atoms with Gasteiger partial charge in [-0.2, -0.15) is 0 Å².